The number of phenolic OH excluding ortho intramolecular Hbond substituents is 1. The molecule has 0 aliphatic carbocycles. The summed E-state index contributed by atoms with van der Waals surface area (Å²) >= 11 is 3.50. The van der Waals surface area contributed by atoms with Gasteiger partial charge in [0.1, 0.15) is 5.75 Å². The Labute approximate surface area is 125 Å². The lowest BCUT2D eigenvalue weighted by atomic mass is 10.1. The lowest BCUT2D eigenvalue weighted by Crippen LogP contribution is -2.01. The Hall–Kier alpha value is -1.88. The van der Waals surface area contributed by atoms with E-state index in [1.807, 2.05) is 25.1 Å². The average molecular weight is 336 g/mol. The van der Waals surface area contributed by atoms with Crippen LogP contribution in [0.15, 0.2) is 34.8 Å². The minimum atomic E-state index is 0.203. The third-order valence-corrected chi connectivity index (χ3v) is 4.17. The van der Waals surface area contributed by atoms with Crippen molar-refractivity contribution in [2.45, 2.75) is 13.5 Å². The standard InChI is InChI=1S/C15H14BrNO3/c1-9-11(16)3-2-4-12(9)17-7-10-5-14-15(6-13(10)18)20-8-19-14/h2-6,17-18H,7-8H2,1H3. The van der Waals surface area contributed by atoms with E-state index in [0.717, 1.165) is 21.3 Å². The second kappa shape index (κ2) is 5.25. The van der Waals surface area contributed by atoms with Crippen molar-refractivity contribution in [3.05, 3.63) is 45.9 Å². The minimum absolute atomic E-state index is 0.203. The molecule has 1 heterocycles. The first-order valence-electron chi connectivity index (χ1n) is 6.25. The summed E-state index contributed by atoms with van der Waals surface area (Å²) in [5.41, 5.74) is 2.93. The number of anilines is 1. The molecule has 4 nitrogen and oxygen atoms in total. The fourth-order valence-electron chi connectivity index (χ4n) is 2.10. The van der Waals surface area contributed by atoms with Gasteiger partial charge in [-0.15, -0.1) is 0 Å². The molecule has 2 aromatic carbocycles. The van der Waals surface area contributed by atoms with E-state index in [1.54, 1.807) is 12.1 Å². The van der Waals surface area contributed by atoms with Gasteiger partial charge in [-0.3, -0.25) is 0 Å². The van der Waals surface area contributed by atoms with Crippen LogP contribution in [-0.4, -0.2) is 11.9 Å². The number of hydrogen-bond donors (Lipinski definition) is 2. The molecule has 5 heteroatoms. The monoisotopic (exact) mass is 335 g/mol. The molecule has 104 valence electrons. The highest BCUT2D eigenvalue weighted by Crippen LogP contribution is 2.38. The predicted molar refractivity (Wildman–Crippen MR) is 80.4 cm³/mol. The Morgan fingerprint density at radius 1 is 1.25 bits per heavy atom. The minimum Gasteiger partial charge on any atom is -0.507 e. The van der Waals surface area contributed by atoms with Gasteiger partial charge in [0.15, 0.2) is 11.5 Å². The number of halogens is 1. The van der Waals surface area contributed by atoms with Crippen molar-refractivity contribution in [3.8, 4) is 17.2 Å². The van der Waals surface area contributed by atoms with Crippen molar-refractivity contribution in [2.75, 3.05) is 12.1 Å². The molecular formula is C15H14BrNO3. The zero-order valence-corrected chi connectivity index (χ0v) is 12.5. The van der Waals surface area contributed by atoms with Gasteiger partial charge in [0.2, 0.25) is 6.79 Å². The zero-order chi connectivity index (χ0) is 14.1. The smallest absolute Gasteiger partial charge is 0.231 e. The third-order valence-electron chi connectivity index (χ3n) is 3.31. The molecule has 0 amide bonds. The first-order chi connectivity index (χ1) is 9.65. The maximum absolute atomic E-state index is 9.99. The predicted octanol–water partition coefficient (Wildman–Crippen LogP) is 3.80. The van der Waals surface area contributed by atoms with Crippen LogP contribution in [0.2, 0.25) is 0 Å². The molecular weight excluding hydrogens is 322 g/mol. The van der Waals surface area contributed by atoms with Gasteiger partial charge < -0.3 is 19.9 Å². The number of aromatic hydroxyl groups is 1. The third kappa shape index (κ3) is 2.41. The van der Waals surface area contributed by atoms with Crippen LogP contribution in [0.3, 0.4) is 0 Å². The molecule has 0 fully saturated rings. The SMILES string of the molecule is Cc1c(Br)cccc1NCc1cc2c(cc1O)OCO2. The lowest BCUT2D eigenvalue weighted by Gasteiger charge is -2.12. The molecule has 0 radical (unpaired) electrons. The highest BCUT2D eigenvalue weighted by atomic mass is 79.9. The van der Waals surface area contributed by atoms with Gasteiger partial charge in [-0.25, -0.2) is 0 Å². The van der Waals surface area contributed by atoms with E-state index in [-0.39, 0.29) is 12.5 Å². The van der Waals surface area contributed by atoms with E-state index >= 15 is 0 Å². The molecule has 20 heavy (non-hydrogen) atoms. The molecule has 2 aromatic rings. The summed E-state index contributed by atoms with van der Waals surface area (Å²) in [5.74, 6) is 1.46. The van der Waals surface area contributed by atoms with Crippen molar-refractivity contribution < 1.29 is 14.6 Å². The van der Waals surface area contributed by atoms with Crippen LogP contribution >= 0.6 is 15.9 Å². The van der Waals surface area contributed by atoms with Crippen LogP contribution in [0, 0.1) is 6.92 Å². The fourth-order valence-corrected chi connectivity index (χ4v) is 2.47. The van der Waals surface area contributed by atoms with E-state index in [9.17, 15) is 5.11 Å². The topological polar surface area (TPSA) is 50.7 Å². The number of fused-ring (bicyclic) bond motifs is 1. The van der Waals surface area contributed by atoms with Gasteiger partial charge in [0.05, 0.1) is 0 Å². The normalized spacial score (nSPS) is 12.5. The quantitative estimate of drug-likeness (QED) is 0.895. The zero-order valence-electron chi connectivity index (χ0n) is 10.9. The molecule has 0 aromatic heterocycles. The van der Waals surface area contributed by atoms with E-state index in [1.165, 1.54) is 0 Å². The number of ether oxygens (including phenoxy) is 2. The average Bonchev–Trinajstić information content (AvgIpc) is 2.87. The maximum atomic E-state index is 9.99. The number of benzene rings is 2. The summed E-state index contributed by atoms with van der Waals surface area (Å²) in [7, 11) is 0. The Morgan fingerprint density at radius 3 is 2.80 bits per heavy atom. The van der Waals surface area contributed by atoms with Crippen molar-refractivity contribution in [1.82, 2.24) is 0 Å². The highest BCUT2D eigenvalue weighted by Gasteiger charge is 2.16. The molecule has 0 saturated heterocycles. The molecule has 0 spiro atoms. The fraction of sp³-hybridized carbons (Fsp3) is 0.200. The van der Waals surface area contributed by atoms with Crippen molar-refractivity contribution in [3.63, 3.8) is 0 Å². The largest absolute Gasteiger partial charge is 0.507 e. The van der Waals surface area contributed by atoms with Gasteiger partial charge in [-0.1, -0.05) is 22.0 Å². The summed E-state index contributed by atoms with van der Waals surface area (Å²) in [6, 6.07) is 9.37. The molecule has 0 unspecified atom stereocenters. The number of nitrogens with one attached hydrogen (secondary N) is 1. The van der Waals surface area contributed by atoms with Crippen LogP contribution in [-0.2, 0) is 6.54 Å². The first-order valence-corrected chi connectivity index (χ1v) is 7.05. The molecule has 0 atom stereocenters. The van der Waals surface area contributed by atoms with Gasteiger partial charge in [0, 0.05) is 28.3 Å². The highest BCUT2D eigenvalue weighted by molar-refractivity contribution is 9.10. The Balaban J connectivity index is 1.80. The molecule has 2 N–H and O–H groups in total. The van der Waals surface area contributed by atoms with Crippen LogP contribution in [0.5, 0.6) is 17.2 Å². The van der Waals surface area contributed by atoms with Gasteiger partial charge in [-0.2, -0.15) is 0 Å². The summed E-state index contributed by atoms with van der Waals surface area (Å²) in [5, 5.41) is 13.3. The second-order valence-electron chi connectivity index (χ2n) is 4.60. The molecule has 3 rings (SSSR count). The summed E-state index contributed by atoms with van der Waals surface area (Å²) < 4.78 is 11.6. The van der Waals surface area contributed by atoms with Gasteiger partial charge in [-0.05, 0) is 30.7 Å². The summed E-state index contributed by atoms with van der Waals surface area (Å²) in [6.45, 7) is 2.75. The Bertz CT molecular complexity index is 658. The molecule has 0 saturated carbocycles. The Kier molecular flexibility index (Phi) is 3.44. The van der Waals surface area contributed by atoms with E-state index in [4.69, 9.17) is 9.47 Å². The summed E-state index contributed by atoms with van der Waals surface area (Å²) in [6.07, 6.45) is 0. The second-order valence-corrected chi connectivity index (χ2v) is 5.45. The molecule has 0 bridgehead atoms. The maximum Gasteiger partial charge on any atom is 0.231 e. The van der Waals surface area contributed by atoms with Crippen LogP contribution < -0.4 is 14.8 Å². The lowest BCUT2D eigenvalue weighted by molar-refractivity contribution is 0.174. The summed E-state index contributed by atoms with van der Waals surface area (Å²) in [4.78, 5) is 0. The first kappa shape index (κ1) is 13.1. The van der Waals surface area contributed by atoms with E-state index < -0.39 is 0 Å². The van der Waals surface area contributed by atoms with Crippen LogP contribution in [0.4, 0.5) is 5.69 Å². The van der Waals surface area contributed by atoms with E-state index in [0.29, 0.717) is 18.0 Å². The van der Waals surface area contributed by atoms with Crippen LogP contribution in [0.25, 0.3) is 0 Å². The van der Waals surface area contributed by atoms with Crippen molar-refractivity contribution in [2.24, 2.45) is 0 Å². The van der Waals surface area contributed by atoms with Crippen molar-refractivity contribution in [1.29, 1.82) is 0 Å². The number of phenols is 1. The van der Waals surface area contributed by atoms with Gasteiger partial charge in [0.25, 0.3) is 0 Å². The van der Waals surface area contributed by atoms with Crippen LogP contribution in [0.1, 0.15) is 11.1 Å². The van der Waals surface area contributed by atoms with Gasteiger partial charge >= 0.3 is 0 Å². The Morgan fingerprint density at radius 2 is 2.00 bits per heavy atom. The number of rotatable bonds is 3. The van der Waals surface area contributed by atoms with Crippen molar-refractivity contribution >= 4 is 21.6 Å². The molecule has 1 aliphatic heterocycles. The number of hydrogen-bond acceptors (Lipinski definition) is 4. The molecule has 1 aliphatic rings. The van der Waals surface area contributed by atoms with E-state index in [2.05, 4.69) is 21.2 Å².